The van der Waals surface area contributed by atoms with Crippen molar-refractivity contribution >= 4 is 0 Å². The van der Waals surface area contributed by atoms with Gasteiger partial charge in [-0.1, -0.05) is 68.2 Å². The number of aryl methyl sites for hydroxylation is 3. The summed E-state index contributed by atoms with van der Waals surface area (Å²) in [6.45, 7) is 6.46. The smallest absolute Gasteiger partial charge is 0.0279 e. The van der Waals surface area contributed by atoms with Crippen LogP contribution in [-0.4, -0.2) is 0 Å². The Labute approximate surface area is 169 Å². The highest BCUT2D eigenvalue weighted by atomic mass is 14.0. The maximum absolute atomic E-state index is 3.29. The van der Waals surface area contributed by atoms with Gasteiger partial charge < -0.3 is 0 Å². The number of benzene rings is 3. The van der Waals surface area contributed by atoms with Crippen LogP contribution in [0.2, 0.25) is 0 Å². The summed E-state index contributed by atoms with van der Waals surface area (Å²) in [5, 5.41) is 0. The van der Waals surface area contributed by atoms with Crippen LogP contribution in [-0.2, 0) is 12.8 Å². The van der Waals surface area contributed by atoms with Gasteiger partial charge in [0.05, 0.1) is 0 Å². The molecule has 0 unspecified atom stereocenters. The maximum atomic E-state index is 3.29. The van der Waals surface area contributed by atoms with Gasteiger partial charge in [-0.05, 0) is 78.9 Å². The molecule has 0 amide bonds. The van der Waals surface area contributed by atoms with E-state index in [1.54, 1.807) is 0 Å². The van der Waals surface area contributed by atoms with Crippen molar-refractivity contribution in [3.05, 3.63) is 106 Å². The lowest BCUT2D eigenvalue weighted by Gasteiger charge is -2.00. The van der Waals surface area contributed by atoms with Crippen LogP contribution in [0.15, 0.2) is 66.7 Å². The lowest BCUT2D eigenvalue weighted by molar-refractivity contribution is 0.922. The van der Waals surface area contributed by atoms with E-state index < -0.39 is 0 Å². The summed E-state index contributed by atoms with van der Waals surface area (Å²) in [7, 11) is 0. The van der Waals surface area contributed by atoms with Crippen molar-refractivity contribution in [2.45, 2.75) is 40.0 Å². The van der Waals surface area contributed by atoms with Crippen LogP contribution in [0.3, 0.4) is 0 Å². The summed E-state index contributed by atoms with van der Waals surface area (Å²) in [5.74, 6) is 13.1. The fraction of sp³-hybridized carbons (Fsp3) is 0.214. The molecular formula is C28H26. The van der Waals surface area contributed by atoms with E-state index in [0.717, 1.165) is 40.7 Å². The van der Waals surface area contributed by atoms with Crippen LogP contribution < -0.4 is 0 Å². The molecule has 0 bridgehead atoms. The molecule has 0 nitrogen and oxygen atoms in total. The Morgan fingerprint density at radius 2 is 1.14 bits per heavy atom. The zero-order valence-electron chi connectivity index (χ0n) is 17.0. The Balaban J connectivity index is 1.73. The minimum absolute atomic E-state index is 1.02. The predicted octanol–water partition coefficient (Wildman–Crippen LogP) is 6.31. The van der Waals surface area contributed by atoms with Crippen molar-refractivity contribution in [3.63, 3.8) is 0 Å². The molecule has 0 spiro atoms. The van der Waals surface area contributed by atoms with Crippen LogP contribution in [0.5, 0.6) is 0 Å². The molecule has 0 heterocycles. The molecule has 0 aliphatic carbocycles. The van der Waals surface area contributed by atoms with Crippen molar-refractivity contribution in [1.82, 2.24) is 0 Å². The van der Waals surface area contributed by atoms with Crippen molar-refractivity contribution in [3.8, 4) is 23.7 Å². The first-order valence-corrected chi connectivity index (χ1v) is 10.0. The van der Waals surface area contributed by atoms with Gasteiger partial charge in [-0.25, -0.2) is 0 Å². The summed E-state index contributed by atoms with van der Waals surface area (Å²) >= 11 is 0. The highest BCUT2D eigenvalue weighted by Crippen LogP contribution is 2.11. The second-order valence-electron chi connectivity index (χ2n) is 7.03. The molecule has 3 aromatic rings. The standard InChI is InChI=1S/C28H26/c1-4-6-24-11-13-25(14-12-24)15-16-27-18-20-28(22(3)21-27)19-17-26-9-7-23(5-2)8-10-26/h7-14,18,20-21H,4-6H2,1-3H3. The van der Waals surface area contributed by atoms with Crippen molar-refractivity contribution < 1.29 is 0 Å². The van der Waals surface area contributed by atoms with Gasteiger partial charge in [0.25, 0.3) is 0 Å². The molecule has 0 aromatic heterocycles. The van der Waals surface area contributed by atoms with Gasteiger partial charge in [0.15, 0.2) is 0 Å². The molecule has 0 saturated carbocycles. The van der Waals surface area contributed by atoms with Crippen LogP contribution >= 0.6 is 0 Å². The lowest BCUT2D eigenvalue weighted by Crippen LogP contribution is -1.86. The molecule has 138 valence electrons. The third-order valence-corrected chi connectivity index (χ3v) is 4.77. The molecule has 0 fully saturated rings. The highest BCUT2D eigenvalue weighted by Gasteiger charge is 1.97. The summed E-state index contributed by atoms with van der Waals surface area (Å²) in [6.07, 6.45) is 3.35. The van der Waals surface area contributed by atoms with E-state index >= 15 is 0 Å². The Morgan fingerprint density at radius 1 is 0.607 bits per heavy atom. The van der Waals surface area contributed by atoms with Gasteiger partial charge in [-0.2, -0.15) is 0 Å². The van der Waals surface area contributed by atoms with E-state index in [1.165, 1.54) is 17.5 Å². The van der Waals surface area contributed by atoms with Gasteiger partial charge in [-0.15, -0.1) is 0 Å². The normalized spacial score (nSPS) is 9.82. The second kappa shape index (κ2) is 9.64. The topological polar surface area (TPSA) is 0 Å². The van der Waals surface area contributed by atoms with Gasteiger partial charge in [0.1, 0.15) is 0 Å². The number of rotatable bonds is 3. The Hall–Kier alpha value is -3.22. The molecule has 3 aromatic carbocycles. The van der Waals surface area contributed by atoms with E-state index in [1.807, 2.05) is 0 Å². The van der Waals surface area contributed by atoms with E-state index in [9.17, 15) is 0 Å². The van der Waals surface area contributed by atoms with Gasteiger partial charge in [0.2, 0.25) is 0 Å². The fourth-order valence-corrected chi connectivity index (χ4v) is 3.03. The molecule has 28 heavy (non-hydrogen) atoms. The number of hydrogen-bond donors (Lipinski definition) is 0. The van der Waals surface area contributed by atoms with E-state index in [-0.39, 0.29) is 0 Å². The number of hydrogen-bond acceptors (Lipinski definition) is 0. The molecule has 0 aliphatic heterocycles. The van der Waals surface area contributed by atoms with Gasteiger partial charge in [-0.3, -0.25) is 0 Å². The first kappa shape index (κ1) is 19.5. The van der Waals surface area contributed by atoms with Crippen molar-refractivity contribution in [2.75, 3.05) is 0 Å². The van der Waals surface area contributed by atoms with Crippen LogP contribution in [0.25, 0.3) is 0 Å². The Morgan fingerprint density at radius 3 is 1.71 bits per heavy atom. The lowest BCUT2D eigenvalue weighted by atomic mass is 10.0. The zero-order chi connectivity index (χ0) is 19.8. The van der Waals surface area contributed by atoms with Crippen LogP contribution in [0, 0.1) is 30.6 Å². The van der Waals surface area contributed by atoms with E-state index in [2.05, 4.69) is 111 Å². The first-order valence-electron chi connectivity index (χ1n) is 10.0. The largest absolute Gasteiger partial charge is 0.0651 e. The minimum Gasteiger partial charge on any atom is -0.0651 e. The molecule has 0 heteroatoms. The van der Waals surface area contributed by atoms with E-state index in [4.69, 9.17) is 0 Å². The summed E-state index contributed by atoms with van der Waals surface area (Å²) in [6, 6.07) is 23.3. The van der Waals surface area contributed by atoms with E-state index in [0.29, 0.717) is 0 Å². The van der Waals surface area contributed by atoms with Crippen LogP contribution in [0.4, 0.5) is 0 Å². The summed E-state index contributed by atoms with van der Waals surface area (Å²) in [4.78, 5) is 0. The minimum atomic E-state index is 1.02. The third kappa shape index (κ3) is 5.39. The molecule has 0 saturated heterocycles. The zero-order valence-corrected chi connectivity index (χ0v) is 17.0. The monoisotopic (exact) mass is 362 g/mol. The predicted molar refractivity (Wildman–Crippen MR) is 119 cm³/mol. The molecular weight excluding hydrogens is 336 g/mol. The molecule has 0 N–H and O–H groups in total. The van der Waals surface area contributed by atoms with Crippen LogP contribution in [0.1, 0.15) is 59.2 Å². The summed E-state index contributed by atoms with van der Waals surface area (Å²) in [5.41, 5.74) is 8.04. The van der Waals surface area contributed by atoms with Gasteiger partial charge in [0, 0.05) is 22.3 Å². The quantitative estimate of drug-likeness (QED) is 0.479. The van der Waals surface area contributed by atoms with Crippen molar-refractivity contribution in [1.29, 1.82) is 0 Å². The van der Waals surface area contributed by atoms with Gasteiger partial charge >= 0.3 is 0 Å². The Kier molecular flexibility index (Phi) is 6.73. The molecule has 3 rings (SSSR count). The molecule has 0 atom stereocenters. The maximum Gasteiger partial charge on any atom is 0.0279 e. The summed E-state index contributed by atoms with van der Waals surface area (Å²) < 4.78 is 0. The Bertz CT molecular complexity index is 1040. The first-order chi connectivity index (χ1) is 13.7. The average Bonchev–Trinajstić information content (AvgIpc) is 2.73. The highest BCUT2D eigenvalue weighted by molar-refractivity contribution is 5.51. The second-order valence-corrected chi connectivity index (χ2v) is 7.03. The molecule has 0 aliphatic rings. The third-order valence-electron chi connectivity index (χ3n) is 4.77. The fourth-order valence-electron chi connectivity index (χ4n) is 3.03. The average molecular weight is 363 g/mol. The molecule has 0 radical (unpaired) electrons. The SMILES string of the molecule is CCCc1ccc(C#Cc2ccc(C#Cc3ccc(CC)cc3)c(C)c2)cc1. The van der Waals surface area contributed by atoms with Crippen molar-refractivity contribution in [2.24, 2.45) is 0 Å².